The molecule has 0 aromatic rings. The highest BCUT2D eigenvalue weighted by Gasteiger charge is 2.43. The number of carbonyl (C=O) groups is 2. The van der Waals surface area contributed by atoms with Crippen LogP contribution in [-0.4, -0.2) is 35.3 Å². The molecule has 0 spiro atoms. The van der Waals surface area contributed by atoms with Gasteiger partial charge >= 0.3 is 0 Å². The third kappa shape index (κ3) is 2.13. The molecule has 2 unspecified atom stereocenters. The zero-order valence-corrected chi connectivity index (χ0v) is 11.0. The Morgan fingerprint density at radius 3 is 2.50 bits per heavy atom. The molecule has 0 radical (unpaired) electrons. The summed E-state index contributed by atoms with van der Waals surface area (Å²) in [6, 6.07) is 0.0720. The normalized spacial score (nSPS) is 31.6. The molecule has 3 aliphatic rings. The molecule has 0 aromatic carbocycles. The number of rotatable bonds is 3. The summed E-state index contributed by atoms with van der Waals surface area (Å²) in [7, 11) is 0. The second-order valence-corrected chi connectivity index (χ2v) is 6.10. The SMILES string of the molecule is CC(C1CCC1)N1CCC(=O)NC(C2CC2)C1=O. The van der Waals surface area contributed by atoms with Crippen LogP contribution in [0.2, 0.25) is 0 Å². The van der Waals surface area contributed by atoms with E-state index in [0.29, 0.717) is 30.8 Å². The molecule has 4 nitrogen and oxygen atoms in total. The van der Waals surface area contributed by atoms with Gasteiger partial charge in [-0.15, -0.1) is 0 Å². The summed E-state index contributed by atoms with van der Waals surface area (Å²) >= 11 is 0. The maximum absolute atomic E-state index is 12.6. The monoisotopic (exact) mass is 250 g/mol. The van der Waals surface area contributed by atoms with Gasteiger partial charge in [0.1, 0.15) is 6.04 Å². The smallest absolute Gasteiger partial charge is 0.245 e. The summed E-state index contributed by atoms with van der Waals surface area (Å²) < 4.78 is 0. The van der Waals surface area contributed by atoms with Crippen molar-refractivity contribution in [3.8, 4) is 0 Å². The second kappa shape index (κ2) is 4.56. The van der Waals surface area contributed by atoms with Gasteiger partial charge in [-0.3, -0.25) is 9.59 Å². The molecular formula is C14H22N2O2. The minimum Gasteiger partial charge on any atom is -0.344 e. The largest absolute Gasteiger partial charge is 0.344 e. The van der Waals surface area contributed by atoms with Gasteiger partial charge in [0, 0.05) is 19.0 Å². The lowest BCUT2D eigenvalue weighted by molar-refractivity contribution is -0.137. The van der Waals surface area contributed by atoms with E-state index in [1.165, 1.54) is 19.3 Å². The van der Waals surface area contributed by atoms with E-state index in [-0.39, 0.29) is 17.9 Å². The molecule has 2 atom stereocenters. The fourth-order valence-electron chi connectivity index (χ4n) is 3.15. The van der Waals surface area contributed by atoms with E-state index >= 15 is 0 Å². The maximum Gasteiger partial charge on any atom is 0.245 e. The molecule has 1 aliphatic heterocycles. The van der Waals surface area contributed by atoms with Crippen molar-refractivity contribution in [3.05, 3.63) is 0 Å². The Balaban J connectivity index is 1.74. The van der Waals surface area contributed by atoms with Crippen LogP contribution >= 0.6 is 0 Å². The summed E-state index contributed by atoms with van der Waals surface area (Å²) in [4.78, 5) is 26.2. The average Bonchev–Trinajstić information content (AvgIpc) is 3.05. The topological polar surface area (TPSA) is 49.4 Å². The molecular weight excluding hydrogens is 228 g/mol. The van der Waals surface area contributed by atoms with Crippen molar-refractivity contribution in [1.29, 1.82) is 0 Å². The molecule has 2 aliphatic carbocycles. The molecule has 1 heterocycles. The second-order valence-electron chi connectivity index (χ2n) is 6.10. The first-order valence-electron chi connectivity index (χ1n) is 7.26. The van der Waals surface area contributed by atoms with Gasteiger partial charge in [-0.1, -0.05) is 6.42 Å². The van der Waals surface area contributed by atoms with Gasteiger partial charge in [-0.25, -0.2) is 0 Å². The highest BCUT2D eigenvalue weighted by Crippen LogP contribution is 2.37. The van der Waals surface area contributed by atoms with Crippen LogP contribution in [0.15, 0.2) is 0 Å². The van der Waals surface area contributed by atoms with Crippen LogP contribution in [0.25, 0.3) is 0 Å². The zero-order chi connectivity index (χ0) is 12.7. The van der Waals surface area contributed by atoms with Gasteiger partial charge in [0.25, 0.3) is 0 Å². The van der Waals surface area contributed by atoms with Crippen molar-refractivity contribution in [2.75, 3.05) is 6.54 Å². The molecule has 1 N–H and O–H groups in total. The van der Waals surface area contributed by atoms with Crippen LogP contribution in [0.4, 0.5) is 0 Å². The lowest BCUT2D eigenvalue weighted by Crippen LogP contribution is -2.51. The molecule has 0 bridgehead atoms. The predicted molar refractivity (Wildman–Crippen MR) is 67.8 cm³/mol. The van der Waals surface area contributed by atoms with E-state index in [9.17, 15) is 9.59 Å². The van der Waals surface area contributed by atoms with Gasteiger partial charge in [-0.05, 0) is 44.4 Å². The molecule has 3 fully saturated rings. The highest BCUT2D eigenvalue weighted by molar-refractivity contribution is 5.90. The highest BCUT2D eigenvalue weighted by atomic mass is 16.2. The Bertz CT molecular complexity index is 361. The summed E-state index contributed by atoms with van der Waals surface area (Å²) in [6.45, 7) is 2.76. The number of hydrogen-bond donors (Lipinski definition) is 1. The standard InChI is InChI=1S/C14H22N2O2/c1-9(10-3-2-4-10)16-8-7-12(17)15-13(14(16)18)11-5-6-11/h9-11,13H,2-8H2,1H3,(H,15,17). The lowest BCUT2D eigenvalue weighted by atomic mass is 9.79. The Kier molecular flexibility index (Phi) is 3.04. The van der Waals surface area contributed by atoms with Crippen LogP contribution in [0.1, 0.15) is 45.4 Å². The lowest BCUT2D eigenvalue weighted by Gasteiger charge is -2.39. The Morgan fingerprint density at radius 2 is 1.94 bits per heavy atom. The predicted octanol–water partition coefficient (Wildman–Crippen LogP) is 1.30. The number of hydrogen-bond acceptors (Lipinski definition) is 2. The van der Waals surface area contributed by atoms with Gasteiger partial charge in [0.15, 0.2) is 0 Å². The van der Waals surface area contributed by atoms with Gasteiger partial charge in [0.05, 0.1) is 0 Å². The minimum absolute atomic E-state index is 0.0450. The summed E-state index contributed by atoms with van der Waals surface area (Å²) in [5, 5.41) is 2.92. The van der Waals surface area contributed by atoms with E-state index in [0.717, 1.165) is 12.8 Å². The van der Waals surface area contributed by atoms with Crippen LogP contribution in [0.5, 0.6) is 0 Å². The van der Waals surface area contributed by atoms with Crippen LogP contribution in [0, 0.1) is 11.8 Å². The fraction of sp³-hybridized carbons (Fsp3) is 0.857. The Hall–Kier alpha value is -1.06. The van der Waals surface area contributed by atoms with Crippen LogP contribution in [0.3, 0.4) is 0 Å². The van der Waals surface area contributed by atoms with Gasteiger partial charge in [-0.2, -0.15) is 0 Å². The summed E-state index contributed by atoms with van der Waals surface area (Å²) in [5.41, 5.74) is 0. The average molecular weight is 250 g/mol. The van der Waals surface area contributed by atoms with E-state index in [1.807, 2.05) is 4.90 Å². The number of nitrogens with zero attached hydrogens (tertiary/aromatic N) is 1. The van der Waals surface area contributed by atoms with Gasteiger partial charge < -0.3 is 10.2 Å². The van der Waals surface area contributed by atoms with Crippen molar-refractivity contribution < 1.29 is 9.59 Å². The Labute approximate surface area is 108 Å². The van der Waals surface area contributed by atoms with Crippen molar-refractivity contribution >= 4 is 11.8 Å². The fourth-order valence-corrected chi connectivity index (χ4v) is 3.15. The quantitative estimate of drug-likeness (QED) is 0.821. The first-order valence-corrected chi connectivity index (χ1v) is 7.26. The molecule has 1 saturated heterocycles. The van der Waals surface area contributed by atoms with E-state index in [4.69, 9.17) is 0 Å². The molecule has 3 rings (SSSR count). The summed E-state index contributed by atoms with van der Waals surface area (Å²) in [6.07, 6.45) is 6.40. The number of carbonyl (C=O) groups excluding carboxylic acids is 2. The van der Waals surface area contributed by atoms with E-state index in [2.05, 4.69) is 12.2 Å². The zero-order valence-electron chi connectivity index (χ0n) is 11.0. The van der Waals surface area contributed by atoms with Crippen molar-refractivity contribution in [2.45, 2.75) is 57.5 Å². The summed E-state index contributed by atoms with van der Waals surface area (Å²) in [5.74, 6) is 1.27. The third-order valence-electron chi connectivity index (χ3n) is 4.86. The van der Waals surface area contributed by atoms with Crippen LogP contribution in [-0.2, 0) is 9.59 Å². The van der Waals surface area contributed by atoms with Crippen LogP contribution < -0.4 is 5.32 Å². The number of amides is 2. The van der Waals surface area contributed by atoms with E-state index < -0.39 is 0 Å². The molecule has 18 heavy (non-hydrogen) atoms. The first-order chi connectivity index (χ1) is 8.66. The maximum atomic E-state index is 12.6. The molecule has 2 saturated carbocycles. The van der Waals surface area contributed by atoms with Crippen molar-refractivity contribution in [2.24, 2.45) is 11.8 Å². The minimum atomic E-state index is -0.234. The molecule has 4 heteroatoms. The first kappa shape index (κ1) is 12.0. The van der Waals surface area contributed by atoms with Crippen molar-refractivity contribution in [3.63, 3.8) is 0 Å². The van der Waals surface area contributed by atoms with Gasteiger partial charge in [0.2, 0.25) is 11.8 Å². The Morgan fingerprint density at radius 1 is 1.22 bits per heavy atom. The molecule has 0 aromatic heterocycles. The van der Waals surface area contributed by atoms with Crippen molar-refractivity contribution in [1.82, 2.24) is 10.2 Å². The molecule has 100 valence electrons. The van der Waals surface area contributed by atoms with E-state index in [1.54, 1.807) is 0 Å². The molecule has 2 amide bonds. The number of nitrogens with one attached hydrogen (secondary N) is 1. The third-order valence-corrected chi connectivity index (χ3v) is 4.86.